The molecule has 1 aliphatic heterocycles. The molecule has 154 valence electrons. The molecule has 0 atom stereocenters. The van der Waals surface area contributed by atoms with Crippen molar-refractivity contribution in [2.24, 2.45) is 0 Å². The van der Waals surface area contributed by atoms with E-state index in [1.165, 1.54) is 11.1 Å². The number of aryl methyl sites for hydroxylation is 2. The van der Waals surface area contributed by atoms with Crippen molar-refractivity contribution < 1.29 is 18.7 Å². The fraction of sp³-hybridized carbons (Fsp3) is 0.375. The number of hydrogen-bond acceptors (Lipinski definition) is 5. The first-order chi connectivity index (χ1) is 14.7. The van der Waals surface area contributed by atoms with Gasteiger partial charge < -0.3 is 14.1 Å². The van der Waals surface area contributed by atoms with Crippen LogP contribution in [0.25, 0.3) is 11.1 Å². The highest BCUT2D eigenvalue weighted by Gasteiger charge is 2.27. The first kappa shape index (κ1) is 18.9. The van der Waals surface area contributed by atoms with Crippen LogP contribution in [0, 0.1) is 0 Å². The summed E-state index contributed by atoms with van der Waals surface area (Å²) in [5.41, 5.74) is 4.72. The second-order valence-electron chi connectivity index (χ2n) is 8.09. The monoisotopic (exact) mass is 404 g/mol. The van der Waals surface area contributed by atoms with Gasteiger partial charge >= 0.3 is 5.97 Å². The van der Waals surface area contributed by atoms with Crippen LogP contribution in [-0.2, 0) is 22.4 Å². The number of esters is 1. The van der Waals surface area contributed by atoms with Gasteiger partial charge in [-0.25, -0.2) is 9.78 Å². The Bertz CT molecular complexity index is 1060. The van der Waals surface area contributed by atoms with E-state index in [1.807, 2.05) is 36.4 Å². The molecule has 6 heteroatoms. The topological polar surface area (TPSA) is 72.6 Å². The van der Waals surface area contributed by atoms with E-state index in [1.54, 1.807) is 11.0 Å². The largest absolute Gasteiger partial charge is 0.452 e. The number of ether oxygens (including phenoxy) is 1. The number of carbonyl (C=O) groups is 2. The Morgan fingerprint density at radius 1 is 1.07 bits per heavy atom. The van der Waals surface area contributed by atoms with Crippen molar-refractivity contribution in [2.45, 2.75) is 38.0 Å². The highest BCUT2D eigenvalue weighted by Crippen LogP contribution is 2.30. The van der Waals surface area contributed by atoms with Gasteiger partial charge in [-0.3, -0.25) is 4.79 Å². The van der Waals surface area contributed by atoms with E-state index in [4.69, 9.17) is 9.15 Å². The van der Waals surface area contributed by atoms with Crippen molar-refractivity contribution >= 4 is 23.0 Å². The van der Waals surface area contributed by atoms with E-state index in [2.05, 4.69) is 4.98 Å². The molecule has 0 unspecified atom stereocenters. The molecule has 0 N–H and O–H groups in total. The Labute approximate surface area is 174 Å². The number of fused-ring (bicyclic) bond motifs is 2. The van der Waals surface area contributed by atoms with Gasteiger partial charge in [0.2, 0.25) is 0 Å². The van der Waals surface area contributed by atoms with Gasteiger partial charge in [-0.1, -0.05) is 18.2 Å². The van der Waals surface area contributed by atoms with Crippen molar-refractivity contribution in [3.8, 4) is 0 Å². The fourth-order valence-electron chi connectivity index (χ4n) is 4.44. The van der Waals surface area contributed by atoms with E-state index >= 15 is 0 Å². The molecule has 0 saturated carbocycles. The van der Waals surface area contributed by atoms with Crippen LogP contribution in [0.15, 0.2) is 46.9 Å². The van der Waals surface area contributed by atoms with Crippen LogP contribution >= 0.6 is 0 Å². The van der Waals surface area contributed by atoms with Crippen molar-refractivity contribution in [1.29, 1.82) is 0 Å². The number of amides is 1. The minimum atomic E-state index is -0.431. The molecule has 5 rings (SSSR count). The average Bonchev–Trinajstić information content (AvgIpc) is 3.43. The van der Waals surface area contributed by atoms with Crippen molar-refractivity contribution in [1.82, 2.24) is 9.88 Å². The maximum atomic E-state index is 12.5. The summed E-state index contributed by atoms with van der Waals surface area (Å²) in [4.78, 5) is 31.2. The quantitative estimate of drug-likeness (QED) is 0.617. The lowest BCUT2D eigenvalue weighted by atomic mass is 9.97. The standard InChI is InChI=1S/C24H24N2O4/c27-22(15-29-24(28)19-9-8-16-4-3-5-18(16)14-19)26-12-10-17(11-13-26)23-25-20-6-1-2-7-21(20)30-23/h1-2,6-9,14,17H,3-5,10-13,15H2. The molecule has 1 amide bonds. The third kappa shape index (κ3) is 3.70. The Balaban J connectivity index is 1.14. The van der Waals surface area contributed by atoms with Gasteiger partial charge in [-0.2, -0.15) is 0 Å². The minimum Gasteiger partial charge on any atom is -0.452 e. The SMILES string of the molecule is O=C(OCC(=O)N1CCC(c2nc3ccccc3o2)CC1)c1ccc2c(c1)CCC2. The van der Waals surface area contributed by atoms with Crippen LogP contribution < -0.4 is 0 Å². The van der Waals surface area contributed by atoms with Crippen LogP contribution in [0.5, 0.6) is 0 Å². The number of likely N-dealkylation sites (tertiary alicyclic amines) is 1. The van der Waals surface area contributed by atoms with Gasteiger partial charge in [-0.15, -0.1) is 0 Å². The van der Waals surface area contributed by atoms with Crippen molar-refractivity contribution in [3.63, 3.8) is 0 Å². The number of oxazole rings is 1. The predicted octanol–water partition coefficient (Wildman–Crippen LogP) is 3.88. The zero-order valence-electron chi connectivity index (χ0n) is 16.8. The Morgan fingerprint density at radius 2 is 1.87 bits per heavy atom. The van der Waals surface area contributed by atoms with E-state index in [-0.39, 0.29) is 18.4 Å². The number of para-hydroxylation sites is 2. The molecule has 0 spiro atoms. The maximum Gasteiger partial charge on any atom is 0.338 e. The molecule has 1 aromatic heterocycles. The first-order valence-corrected chi connectivity index (χ1v) is 10.6. The molecule has 1 saturated heterocycles. The van der Waals surface area contributed by atoms with Crippen LogP contribution in [0.1, 0.15) is 52.6 Å². The molecule has 3 aromatic rings. The molecule has 0 bridgehead atoms. The van der Waals surface area contributed by atoms with Crippen LogP contribution in [0.4, 0.5) is 0 Å². The highest BCUT2D eigenvalue weighted by molar-refractivity contribution is 5.91. The smallest absolute Gasteiger partial charge is 0.338 e. The summed E-state index contributed by atoms with van der Waals surface area (Å²) in [5, 5.41) is 0. The summed E-state index contributed by atoms with van der Waals surface area (Å²) in [7, 11) is 0. The zero-order chi connectivity index (χ0) is 20.5. The molecule has 6 nitrogen and oxygen atoms in total. The third-order valence-electron chi connectivity index (χ3n) is 6.17. The maximum absolute atomic E-state index is 12.5. The second kappa shape index (κ2) is 7.94. The average molecular weight is 404 g/mol. The van der Waals surface area contributed by atoms with Crippen LogP contribution in [-0.4, -0.2) is 41.5 Å². The number of carbonyl (C=O) groups excluding carboxylic acids is 2. The van der Waals surface area contributed by atoms with Gasteiger partial charge in [0.25, 0.3) is 5.91 Å². The van der Waals surface area contributed by atoms with Crippen molar-refractivity contribution in [2.75, 3.05) is 19.7 Å². The van der Waals surface area contributed by atoms with E-state index in [9.17, 15) is 9.59 Å². The molecular weight excluding hydrogens is 380 g/mol. The summed E-state index contributed by atoms with van der Waals surface area (Å²) in [6.07, 6.45) is 4.79. The Kier molecular flexibility index (Phi) is 4.99. The summed E-state index contributed by atoms with van der Waals surface area (Å²) < 4.78 is 11.2. The van der Waals surface area contributed by atoms with Gasteiger partial charge in [0.15, 0.2) is 18.1 Å². The molecule has 2 heterocycles. The molecule has 30 heavy (non-hydrogen) atoms. The number of benzene rings is 2. The number of nitrogens with zero attached hydrogens (tertiary/aromatic N) is 2. The predicted molar refractivity (Wildman–Crippen MR) is 111 cm³/mol. The van der Waals surface area contributed by atoms with Gasteiger partial charge in [0.1, 0.15) is 5.52 Å². The number of aromatic nitrogens is 1. The molecule has 0 radical (unpaired) electrons. The lowest BCUT2D eigenvalue weighted by Gasteiger charge is -2.30. The van der Waals surface area contributed by atoms with E-state index < -0.39 is 5.97 Å². The van der Waals surface area contributed by atoms with E-state index in [0.29, 0.717) is 18.7 Å². The van der Waals surface area contributed by atoms with Crippen LogP contribution in [0.2, 0.25) is 0 Å². The molecule has 2 aromatic carbocycles. The number of piperidine rings is 1. The van der Waals surface area contributed by atoms with Gasteiger partial charge in [-0.05, 0) is 67.5 Å². The van der Waals surface area contributed by atoms with Gasteiger partial charge in [0, 0.05) is 19.0 Å². The fourth-order valence-corrected chi connectivity index (χ4v) is 4.44. The van der Waals surface area contributed by atoms with E-state index in [0.717, 1.165) is 49.1 Å². The summed E-state index contributed by atoms with van der Waals surface area (Å²) >= 11 is 0. The first-order valence-electron chi connectivity index (χ1n) is 10.6. The zero-order valence-corrected chi connectivity index (χ0v) is 16.8. The third-order valence-corrected chi connectivity index (χ3v) is 6.17. The molecular formula is C24H24N2O4. The molecule has 1 fully saturated rings. The Hall–Kier alpha value is -3.15. The number of rotatable bonds is 4. The Morgan fingerprint density at radius 3 is 2.70 bits per heavy atom. The van der Waals surface area contributed by atoms with Crippen molar-refractivity contribution in [3.05, 3.63) is 65.0 Å². The summed E-state index contributed by atoms with van der Waals surface area (Å²) in [5.74, 6) is 0.363. The normalized spacial score (nSPS) is 16.6. The highest BCUT2D eigenvalue weighted by atomic mass is 16.5. The summed E-state index contributed by atoms with van der Waals surface area (Å²) in [6.45, 7) is 1.00. The lowest BCUT2D eigenvalue weighted by Crippen LogP contribution is -2.40. The molecule has 1 aliphatic carbocycles. The molecule has 2 aliphatic rings. The number of hydrogen-bond donors (Lipinski definition) is 0. The lowest BCUT2D eigenvalue weighted by molar-refractivity contribution is -0.135. The summed E-state index contributed by atoms with van der Waals surface area (Å²) in [6, 6.07) is 13.4. The van der Waals surface area contributed by atoms with Gasteiger partial charge in [0.05, 0.1) is 5.56 Å². The second-order valence-corrected chi connectivity index (χ2v) is 8.09. The van der Waals surface area contributed by atoms with Crippen LogP contribution in [0.3, 0.4) is 0 Å². The minimum absolute atomic E-state index is 0.152.